The van der Waals surface area contributed by atoms with Gasteiger partial charge in [0.05, 0.1) is 76.4 Å². The number of fused-ring (bicyclic) bond motifs is 7. The molecule has 0 amide bonds. The van der Waals surface area contributed by atoms with E-state index in [1.54, 1.807) is 18.2 Å². The van der Waals surface area contributed by atoms with E-state index < -0.39 is 292 Å². The van der Waals surface area contributed by atoms with Gasteiger partial charge in [-0.2, -0.15) is 0 Å². The Morgan fingerprint density at radius 3 is 1.63 bits per heavy atom. The number of benzene rings is 1. The number of methoxy groups -OCH3 is 2. The number of hydrogen-bond acceptors (Lipinski definition) is 36. The van der Waals surface area contributed by atoms with Crippen LogP contribution >= 0.6 is 0 Å². The summed E-state index contributed by atoms with van der Waals surface area (Å²) < 4.78 is 89.4. The molecule has 37 heteroatoms. The Kier molecular flexibility index (Phi) is 26.4. The molecule has 11 aliphatic rings. The van der Waals surface area contributed by atoms with Gasteiger partial charge in [-0.15, -0.1) is 0 Å². The summed E-state index contributed by atoms with van der Waals surface area (Å²) in [6.07, 6.45) is -49.2. The van der Waals surface area contributed by atoms with Gasteiger partial charge in [-0.05, 0) is 136 Å². The predicted octanol–water partition coefficient (Wildman–Crippen LogP) is -4.40. The maximum atomic E-state index is 16.1. The third-order valence-electron chi connectivity index (χ3n) is 27.3. The lowest BCUT2D eigenvalue weighted by atomic mass is 9.33. The van der Waals surface area contributed by atoms with E-state index in [4.69, 9.17) is 71.1 Å². The van der Waals surface area contributed by atoms with E-state index in [0.717, 1.165) is 11.6 Å². The number of rotatable bonds is 22. The summed E-state index contributed by atoms with van der Waals surface area (Å²) in [5.74, 6) is -4.14. The normalized spacial score (nSPS) is 49.2. The zero-order valence-corrected chi connectivity index (χ0v) is 64.3. The lowest BCUT2D eigenvalue weighted by molar-refractivity contribution is -0.391. The molecule has 10 fully saturated rings. The molecule has 1 aromatic rings. The van der Waals surface area contributed by atoms with Gasteiger partial charge in [0.1, 0.15) is 122 Å². The van der Waals surface area contributed by atoms with Gasteiger partial charge in [-0.1, -0.05) is 45.4 Å². The lowest BCUT2D eigenvalue weighted by Crippen LogP contribution is -2.71. The monoisotopic (exact) mass is 1620 g/mol. The molecule has 12 rings (SSSR count). The summed E-state index contributed by atoms with van der Waals surface area (Å²) in [7, 11) is 2.88. The molecule has 37 nitrogen and oxygen atoms in total. The van der Waals surface area contributed by atoms with E-state index in [1.165, 1.54) is 41.1 Å². The van der Waals surface area contributed by atoms with Crippen molar-refractivity contribution < 1.29 is 182 Å². The highest BCUT2D eigenvalue weighted by molar-refractivity contribution is 5.87. The van der Waals surface area contributed by atoms with Gasteiger partial charge in [0.15, 0.2) is 55.2 Å². The van der Waals surface area contributed by atoms with Crippen molar-refractivity contribution in [1.29, 1.82) is 0 Å². The van der Waals surface area contributed by atoms with E-state index in [0.29, 0.717) is 42.7 Å². The van der Waals surface area contributed by atoms with Crippen molar-refractivity contribution in [2.24, 2.45) is 50.2 Å². The Morgan fingerprint density at radius 2 is 1.05 bits per heavy atom. The molecule has 3 unspecified atom stereocenters. The van der Waals surface area contributed by atoms with E-state index in [-0.39, 0.29) is 32.1 Å². The fourth-order valence-electron chi connectivity index (χ4n) is 20.8. The van der Waals surface area contributed by atoms with E-state index in [9.17, 15) is 107 Å². The van der Waals surface area contributed by atoms with E-state index in [2.05, 4.69) is 20.8 Å². The number of allylic oxidation sites excluding steroid dienone is 1. The van der Waals surface area contributed by atoms with Crippen molar-refractivity contribution >= 4 is 24.0 Å². The number of carboxylic acids is 1. The molecule has 0 spiro atoms. The molecule has 6 heterocycles. The zero-order chi connectivity index (χ0) is 82.4. The van der Waals surface area contributed by atoms with Crippen molar-refractivity contribution in [2.45, 2.75) is 297 Å². The number of esters is 2. The first kappa shape index (κ1) is 87.9. The molecule has 113 heavy (non-hydrogen) atoms. The van der Waals surface area contributed by atoms with Crippen molar-refractivity contribution in [3.05, 3.63) is 41.5 Å². The number of aliphatic hydroxyl groups excluding tert-OH is 18. The van der Waals surface area contributed by atoms with Crippen LogP contribution < -0.4 is 9.47 Å². The molecule has 0 bridgehead atoms. The van der Waals surface area contributed by atoms with Crippen molar-refractivity contribution in [1.82, 2.24) is 0 Å². The Labute approximate surface area is 651 Å². The number of carbonyl (C=O) groups excluding carboxylic acids is 2. The van der Waals surface area contributed by atoms with E-state index >= 15 is 4.79 Å². The third-order valence-corrected chi connectivity index (χ3v) is 27.3. The number of hydrogen-bond donors (Lipinski definition) is 19. The zero-order valence-electron chi connectivity index (χ0n) is 64.3. The minimum absolute atomic E-state index is 0.0200. The molecule has 39 atom stereocenters. The summed E-state index contributed by atoms with van der Waals surface area (Å²) in [6.45, 7) is 8.76. The fraction of sp³-hybridized carbons (Fsp3) is 0.829. The van der Waals surface area contributed by atoms with Gasteiger partial charge in [-0.3, -0.25) is 9.59 Å². The fourth-order valence-corrected chi connectivity index (χ4v) is 20.8. The first-order valence-electron chi connectivity index (χ1n) is 38.7. The highest BCUT2D eigenvalue weighted by Gasteiger charge is 2.74. The maximum absolute atomic E-state index is 16.1. The molecule has 640 valence electrons. The van der Waals surface area contributed by atoms with Crippen molar-refractivity contribution in [3.8, 4) is 11.5 Å². The van der Waals surface area contributed by atoms with Gasteiger partial charge >= 0.3 is 17.9 Å². The Balaban J connectivity index is 0.814. The quantitative estimate of drug-likeness (QED) is 0.0226. The second-order valence-corrected chi connectivity index (χ2v) is 34.1. The third kappa shape index (κ3) is 15.6. The molecule has 6 aliphatic heterocycles. The summed E-state index contributed by atoms with van der Waals surface area (Å²) in [5, 5.41) is 212. The largest absolute Gasteiger partial charge is 0.493 e. The Hall–Kier alpha value is -4.45. The van der Waals surface area contributed by atoms with Crippen LogP contribution in [-0.4, -0.2) is 353 Å². The topological polar surface area (TPSA) is 574 Å². The number of ether oxygens (including phenoxy) is 15. The van der Waals surface area contributed by atoms with Crippen LogP contribution in [0.4, 0.5) is 0 Å². The second kappa shape index (κ2) is 34.0. The number of carboxylic acid groups (broad SMARTS) is 1. The van der Waals surface area contributed by atoms with Crippen LogP contribution in [0.25, 0.3) is 6.08 Å². The smallest absolute Gasteiger partial charge is 0.331 e. The molecule has 6 saturated heterocycles. The highest BCUT2D eigenvalue weighted by Crippen LogP contribution is 2.76. The SMILES string of the molecule is COc1ccc(/C=C/C(=O)O[C@H]2[C@H](O)[C@@H](O[C@H]3O[C@H](C)[C@@H](O[C@H]4OCC(O[C@H]5O[C@H](CO)[C@@H](O)[C@@H](O)[C@H]5O)C(O[C@H]5O[C@H](CO)[C@H](O)[C@@H](O)[C@H]5O)[C@H]4O)[C@@H](O)[C@@H]3O)[C@@H](OC(=O)[C@]34CCC(C)(C)C[C@H]3C3=CC[C@@H]5[C@@]6(C)C[C@H](O)[C@H](O[C@@H]7O[C@@H](CO)[C@@H](O)[C@H](O)[C@@H]7O)[C@@](C)(C(=O)O)C6CC[C@@]5(C)[C@]3(CO)CC4)O[C@@H]2C)cc1OC. The summed E-state index contributed by atoms with van der Waals surface area (Å²) in [6, 6.07) is 4.83. The van der Waals surface area contributed by atoms with Crippen LogP contribution in [0, 0.1) is 50.2 Å². The second-order valence-electron chi connectivity index (χ2n) is 34.1. The van der Waals surface area contributed by atoms with Gasteiger partial charge in [0.2, 0.25) is 6.29 Å². The Morgan fingerprint density at radius 1 is 0.522 bits per heavy atom. The van der Waals surface area contributed by atoms with Crippen molar-refractivity contribution in [2.75, 3.05) is 47.3 Å². The van der Waals surface area contributed by atoms with Crippen LogP contribution in [0.15, 0.2) is 35.9 Å². The van der Waals surface area contributed by atoms with Crippen LogP contribution in [0.1, 0.15) is 112 Å². The van der Waals surface area contributed by atoms with Crippen molar-refractivity contribution in [3.63, 3.8) is 0 Å². The first-order chi connectivity index (χ1) is 53.3. The maximum Gasteiger partial charge on any atom is 0.331 e. The molecular weight excluding hydrogens is 1500 g/mol. The number of aliphatic hydroxyl groups is 18. The van der Waals surface area contributed by atoms with Gasteiger partial charge in [0.25, 0.3) is 0 Å². The molecule has 4 saturated carbocycles. The molecule has 1 aromatic carbocycles. The predicted molar refractivity (Wildman–Crippen MR) is 376 cm³/mol. The molecule has 5 aliphatic carbocycles. The summed E-state index contributed by atoms with van der Waals surface area (Å²) in [5.41, 5.74) is -5.30. The molecule has 0 aromatic heterocycles. The van der Waals surface area contributed by atoms with Crippen LogP contribution in [0.2, 0.25) is 0 Å². The lowest BCUT2D eigenvalue weighted by Gasteiger charge is -2.71. The summed E-state index contributed by atoms with van der Waals surface area (Å²) >= 11 is 0. The summed E-state index contributed by atoms with van der Waals surface area (Å²) in [4.78, 5) is 44.0. The number of aliphatic carboxylic acids is 1. The van der Waals surface area contributed by atoms with Gasteiger partial charge in [-0.25, -0.2) is 4.79 Å². The average Bonchev–Trinajstić information content (AvgIpc) is 0.668. The molecular formula is C76H114O37. The Bertz CT molecular complexity index is 3530. The molecule has 0 radical (unpaired) electrons. The molecule has 19 N–H and O–H groups in total. The van der Waals surface area contributed by atoms with Crippen LogP contribution in [0.3, 0.4) is 0 Å². The minimum atomic E-state index is -2.19. The van der Waals surface area contributed by atoms with Gasteiger partial charge < -0.3 is 168 Å². The average molecular weight is 1620 g/mol. The van der Waals surface area contributed by atoms with Crippen LogP contribution in [0.5, 0.6) is 11.5 Å². The standard InChI is InChI=1S/C76H114O37/c1-30-58(109-63-57(95)60(110-66-53(91)49(87)46(84)39(26-78)105-66)41(28-101-63)107-65-52(90)48(86)45(83)38(25-77)104-65)51(89)55(93)64(102-30)111-61-56(94)59(108-44(82)15-11-32-10-13-36(99-8)37(22-32)100-9)31(2)103-68(61)113-70(98)75-19-18-71(3,4)23-34(75)33-12-14-42-72(5)24-35(81)62(112-67-54(92)50(88)47(85)40(27-79)106-67)74(7,69(96)97)43(72)16-17-73(42,6)76(33,29-80)21-20-75/h10-13,15,22,30-31,34-35,38-43,45-68,77-81,83-95H,14,16-21,23-29H2,1-9H3,(H,96,97)/b15-11+/t30-,31-,34+,35+,38-,39-,40+,41?,42-,43?,45-,46+,47-,48-,49-,50+,51+,52-,53-,54+,55+,56+,57-,58-,59-,60?,61-,62+,63-,64-,65-,66-,67+,68-,72-,73-,74+,75+,76+/m1/s1. The minimum Gasteiger partial charge on any atom is -0.493 e. The number of carbonyl (C=O) groups is 3. The van der Waals surface area contributed by atoms with E-state index in [1.807, 2.05) is 13.0 Å². The highest BCUT2D eigenvalue weighted by atomic mass is 16.8. The first-order valence-corrected chi connectivity index (χ1v) is 38.7. The van der Waals surface area contributed by atoms with Gasteiger partial charge in [0, 0.05) is 11.5 Å². The van der Waals surface area contributed by atoms with Crippen LogP contribution in [-0.2, 0) is 76.0 Å².